The summed E-state index contributed by atoms with van der Waals surface area (Å²) >= 11 is 0. The van der Waals surface area contributed by atoms with E-state index >= 15 is 0 Å². The zero-order chi connectivity index (χ0) is 16.5. The van der Waals surface area contributed by atoms with Crippen molar-refractivity contribution in [3.8, 4) is 0 Å². The molecule has 0 unspecified atom stereocenters. The van der Waals surface area contributed by atoms with E-state index in [0.717, 1.165) is 5.56 Å². The fourth-order valence-corrected chi connectivity index (χ4v) is 2.52. The van der Waals surface area contributed by atoms with Gasteiger partial charge in [0.1, 0.15) is 6.54 Å². The average molecular weight is 318 g/mol. The van der Waals surface area contributed by atoms with E-state index in [-0.39, 0.29) is 18.9 Å². The zero-order valence-corrected chi connectivity index (χ0v) is 12.3. The van der Waals surface area contributed by atoms with E-state index in [1.807, 2.05) is 0 Å². The summed E-state index contributed by atoms with van der Waals surface area (Å²) in [5.41, 5.74) is 0.815. The Morgan fingerprint density at radius 2 is 2.18 bits per heavy atom. The SMILES string of the molecule is CN(Cc1cnn(C)c1)C(=O)[C@@H]1CC(=O)N(CC(F)(F)F)C1. The van der Waals surface area contributed by atoms with Crippen molar-refractivity contribution in [2.75, 3.05) is 20.1 Å². The van der Waals surface area contributed by atoms with Crippen LogP contribution in [0.5, 0.6) is 0 Å². The van der Waals surface area contributed by atoms with Crippen LogP contribution in [0.15, 0.2) is 12.4 Å². The fourth-order valence-electron chi connectivity index (χ4n) is 2.52. The third-order valence-corrected chi connectivity index (χ3v) is 3.49. The Bertz CT molecular complexity index is 570. The zero-order valence-electron chi connectivity index (χ0n) is 12.3. The van der Waals surface area contributed by atoms with Gasteiger partial charge < -0.3 is 9.80 Å². The number of carbonyl (C=O) groups excluding carboxylic acids is 2. The molecule has 1 saturated heterocycles. The summed E-state index contributed by atoms with van der Waals surface area (Å²) in [5, 5.41) is 3.98. The predicted molar refractivity (Wildman–Crippen MR) is 70.4 cm³/mol. The van der Waals surface area contributed by atoms with Crippen molar-refractivity contribution < 1.29 is 22.8 Å². The number of amides is 2. The molecular formula is C13H17F3N4O2. The second kappa shape index (κ2) is 5.98. The largest absolute Gasteiger partial charge is 0.406 e. The highest BCUT2D eigenvalue weighted by molar-refractivity contribution is 5.89. The van der Waals surface area contributed by atoms with Crippen LogP contribution in [0.3, 0.4) is 0 Å². The molecule has 6 nitrogen and oxygen atoms in total. The molecule has 1 aromatic rings. The molecule has 0 bridgehead atoms. The molecule has 0 aliphatic carbocycles. The standard InChI is InChI=1S/C13H17F3N4O2/c1-18(5-9-4-17-19(2)6-9)12(22)10-3-11(21)20(7-10)8-13(14,15)16/h4,6,10H,3,5,7-8H2,1-2H3/t10-/m1/s1. The number of aromatic nitrogens is 2. The molecule has 122 valence electrons. The van der Waals surface area contributed by atoms with Gasteiger partial charge in [0.2, 0.25) is 11.8 Å². The Morgan fingerprint density at radius 3 is 2.73 bits per heavy atom. The first-order valence-corrected chi connectivity index (χ1v) is 6.73. The van der Waals surface area contributed by atoms with E-state index in [0.29, 0.717) is 11.4 Å². The fraction of sp³-hybridized carbons (Fsp3) is 0.615. The molecule has 9 heteroatoms. The summed E-state index contributed by atoms with van der Waals surface area (Å²) < 4.78 is 38.7. The lowest BCUT2D eigenvalue weighted by Crippen LogP contribution is -2.37. The topological polar surface area (TPSA) is 58.4 Å². The third kappa shape index (κ3) is 3.99. The van der Waals surface area contributed by atoms with Crippen molar-refractivity contribution in [2.45, 2.75) is 19.1 Å². The first kappa shape index (κ1) is 16.3. The maximum atomic E-state index is 12.4. The molecule has 1 aromatic heterocycles. The van der Waals surface area contributed by atoms with Gasteiger partial charge in [0.15, 0.2) is 0 Å². The maximum Gasteiger partial charge on any atom is 0.406 e. The molecule has 0 saturated carbocycles. The van der Waals surface area contributed by atoms with E-state index in [4.69, 9.17) is 0 Å². The van der Waals surface area contributed by atoms with Crippen LogP contribution in [0.1, 0.15) is 12.0 Å². The molecule has 22 heavy (non-hydrogen) atoms. The normalized spacial score (nSPS) is 18.9. The molecule has 0 radical (unpaired) electrons. The third-order valence-electron chi connectivity index (χ3n) is 3.49. The molecule has 2 heterocycles. The van der Waals surface area contributed by atoms with Crippen molar-refractivity contribution >= 4 is 11.8 Å². The van der Waals surface area contributed by atoms with Crippen LogP contribution < -0.4 is 0 Å². The van der Waals surface area contributed by atoms with Gasteiger partial charge in [-0.1, -0.05) is 0 Å². The van der Waals surface area contributed by atoms with Crippen molar-refractivity contribution in [3.05, 3.63) is 18.0 Å². The maximum absolute atomic E-state index is 12.4. The van der Waals surface area contributed by atoms with E-state index in [1.54, 1.807) is 31.2 Å². The molecule has 1 aliphatic heterocycles. The lowest BCUT2D eigenvalue weighted by molar-refractivity contribution is -0.157. The Balaban J connectivity index is 1.94. The number of rotatable bonds is 4. The minimum Gasteiger partial charge on any atom is -0.341 e. The summed E-state index contributed by atoms with van der Waals surface area (Å²) in [6, 6.07) is 0. The van der Waals surface area contributed by atoms with E-state index in [1.165, 1.54) is 4.90 Å². The van der Waals surface area contributed by atoms with Gasteiger partial charge in [-0.3, -0.25) is 14.3 Å². The quantitative estimate of drug-likeness (QED) is 0.825. The summed E-state index contributed by atoms with van der Waals surface area (Å²) in [6.45, 7) is -1.19. The molecule has 1 fully saturated rings. The molecule has 2 amide bonds. The first-order chi connectivity index (χ1) is 10.2. The smallest absolute Gasteiger partial charge is 0.341 e. The van der Waals surface area contributed by atoms with E-state index < -0.39 is 24.5 Å². The van der Waals surface area contributed by atoms with Crippen molar-refractivity contribution in [1.82, 2.24) is 19.6 Å². The number of aryl methyl sites for hydroxylation is 1. The molecule has 1 aliphatic rings. The van der Waals surface area contributed by atoms with Crippen LogP contribution in [0, 0.1) is 5.92 Å². The Morgan fingerprint density at radius 1 is 1.50 bits per heavy atom. The number of hydrogen-bond acceptors (Lipinski definition) is 3. The van der Waals surface area contributed by atoms with Gasteiger partial charge >= 0.3 is 6.18 Å². The monoisotopic (exact) mass is 318 g/mol. The Kier molecular flexibility index (Phi) is 4.43. The number of likely N-dealkylation sites (tertiary alicyclic amines) is 1. The Labute approximate surface area is 125 Å². The van der Waals surface area contributed by atoms with Gasteiger partial charge in [0.25, 0.3) is 0 Å². The van der Waals surface area contributed by atoms with Gasteiger partial charge in [-0.15, -0.1) is 0 Å². The summed E-state index contributed by atoms with van der Waals surface area (Å²) in [6.07, 6.45) is -1.26. The molecule has 2 rings (SSSR count). The van der Waals surface area contributed by atoms with Gasteiger partial charge in [-0.05, 0) is 0 Å². The van der Waals surface area contributed by atoms with Crippen molar-refractivity contribution in [2.24, 2.45) is 13.0 Å². The summed E-state index contributed by atoms with van der Waals surface area (Å²) in [7, 11) is 3.31. The van der Waals surface area contributed by atoms with Crippen LogP contribution in [0.4, 0.5) is 13.2 Å². The number of nitrogens with zero attached hydrogens (tertiary/aromatic N) is 4. The van der Waals surface area contributed by atoms with Crippen LogP contribution >= 0.6 is 0 Å². The van der Waals surface area contributed by atoms with Gasteiger partial charge in [0, 0.05) is 45.4 Å². The predicted octanol–water partition coefficient (Wildman–Crippen LogP) is 0.789. The van der Waals surface area contributed by atoms with E-state index in [2.05, 4.69) is 5.10 Å². The highest BCUT2D eigenvalue weighted by Crippen LogP contribution is 2.25. The molecule has 0 aromatic carbocycles. The Hall–Kier alpha value is -2.06. The van der Waals surface area contributed by atoms with Crippen molar-refractivity contribution in [3.63, 3.8) is 0 Å². The number of carbonyl (C=O) groups is 2. The van der Waals surface area contributed by atoms with Gasteiger partial charge in [-0.25, -0.2) is 0 Å². The van der Waals surface area contributed by atoms with E-state index in [9.17, 15) is 22.8 Å². The molecular weight excluding hydrogens is 301 g/mol. The average Bonchev–Trinajstić information content (AvgIpc) is 2.94. The lowest BCUT2D eigenvalue weighted by Gasteiger charge is -2.21. The molecule has 0 spiro atoms. The minimum absolute atomic E-state index is 0.174. The van der Waals surface area contributed by atoms with Crippen LogP contribution in [0.2, 0.25) is 0 Å². The highest BCUT2D eigenvalue weighted by atomic mass is 19.4. The van der Waals surface area contributed by atoms with Gasteiger partial charge in [-0.2, -0.15) is 18.3 Å². The number of halogens is 3. The second-order valence-electron chi connectivity index (χ2n) is 5.51. The van der Waals surface area contributed by atoms with Crippen LogP contribution in [0.25, 0.3) is 0 Å². The number of hydrogen-bond donors (Lipinski definition) is 0. The summed E-state index contributed by atoms with van der Waals surface area (Å²) in [5.74, 6) is -1.69. The minimum atomic E-state index is -4.45. The van der Waals surface area contributed by atoms with Gasteiger partial charge in [0.05, 0.1) is 12.1 Å². The molecule has 0 N–H and O–H groups in total. The van der Waals surface area contributed by atoms with Crippen LogP contribution in [-0.2, 0) is 23.2 Å². The summed E-state index contributed by atoms with van der Waals surface area (Å²) in [4.78, 5) is 25.9. The number of alkyl halides is 3. The first-order valence-electron chi connectivity index (χ1n) is 6.73. The van der Waals surface area contributed by atoms with Crippen molar-refractivity contribution in [1.29, 1.82) is 0 Å². The lowest BCUT2D eigenvalue weighted by atomic mass is 10.1. The second-order valence-corrected chi connectivity index (χ2v) is 5.51. The molecule has 1 atom stereocenters. The highest BCUT2D eigenvalue weighted by Gasteiger charge is 2.41. The van der Waals surface area contributed by atoms with Crippen LogP contribution in [-0.4, -0.2) is 57.7 Å².